The number of aliphatic hydroxyl groups is 1. The van der Waals surface area contributed by atoms with Crippen molar-refractivity contribution in [3.8, 4) is 5.75 Å². The molecule has 110 valence electrons. The van der Waals surface area contributed by atoms with Crippen LogP contribution in [0.1, 0.15) is 32.6 Å². The van der Waals surface area contributed by atoms with E-state index in [1.807, 2.05) is 37.3 Å². The van der Waals surface area contributed by atoms with Crippen LogP contribution in [0.2, 0.25) is 0 Å². The monoisotopic (exact) mass is 277 g/mol. The molecular weight excluding hydrogens is 254 g/mol. The van der Waals surface area contributed by atoms with Gasteiger partial charge in [-0.25, -0.2) is 0 Å². The summed E-state index contributed by atoms with van der Waals surface area (Å²) in [6.07, 6.45) is 3.08. The van der Waals surface area contributed by atoms with Gasteiger partial charge < -0.3 is 15.2 Å². The maximum atomic E-state index is 12.1. The predicted octanol–water partition coefficient (Wildman–Crippen LogP) is 2.12. The van der Waals surface area contributed by atoms with Crippen molar-refractivity contribution in [2.45, 2.75) is 44.8 Å². The zero-order valence-electron chi connectivity index (χ0n) is 11.9. The van der Waals surface area contributed by atoms with Crippen molar-refractivity contribution in [2.75, 3.05) is 6.61 Å². The summed E-state index contributed by atoms with van der Waals surface area (Å²) in [5.74, 6) is 0.636. The van der Waals surface area contributed by atoms with Gasteiger partial charge in [-0.15, -0.1) is 0 Å². The first-order valence-electron chi connectivity index (χ1n) is 7.31. The molecule has 0 aromatic heterocycles. The first-order chi connectivity index (χ1) is 9.65. The number of aliphatic hydroxyl groups excluding tert-OH is 1. The summed E-state index contributed by atoms with van der Waals surface area (Å²) in [5.41, 5.74) is 0. The number of ether oxygens (including phenoxy) is 1. The largest absolute Gasteiger partial charge is 0.493 e. The highest BCUT2D eigenvalue weighted by molar-refractivity contribution is 5.78. The van der Waals surface area contributed by atoms with E-state index in [1.54, 1.807) is 0 Å². The Balaban J connectivity index is 1.72. The molecule has 4 nitrogen and oxygen atoms in total. The Hall–Kier alpha value is -1.55. The molecule has 1 aliphatic carbocycles. The minimum absolute atomic E-state index is 0.0299. The zero-order valence-corrected chi connectivity index (χ0v) is 11.9. The molecule has 0 aliphatic heterocycles. The van der Waals surface area contributed by atoms with Gasteiger partial charge in [0.1, 0.15) is 5.75 Å². The van der Waals surface area contributed by atoms with Crippen LogP contribution < -0.4 is 10.1 Å². The number of rotatable bonds is 5. The van der Waals surface area contributed by atoms with Crippen molar-refractivity contribution in [1.82, 2.24) is 5.32 Å². The van der Waals surface area contributed by atoms with Crippen LogP contribution in [0, 0.1) is 5.92 Å². The molecule has 1 unspecified atom stereocenters. The van der Waals surface area contributed by atoms with Crippen molar-refractivity contribution < 1.29 is 14.6 Å². The van der Waals surface area contributed by atoms with Crippen LogP contribution in [0.15, 0.2) is 30.3 Å². The molecule has 0 spiro atoms. The average Bonchev–Trinajstić information content (AvgIpc) is 2.48. The third-order valence-electron chi connectivity index (χ3n) is 3.73. The first-order valence-corrected chi connectivity index (χ1v) is 7.31. The summed E-state index contributed by atoms with van der Waals surface area (Å²) in [4.78, 5) is 12.1. The number of amides is 1. The molecule has 1 atom stereocenters. The molecule has 0 bridgehead atoms. The van der Waals surface area contributed by atoms with Crippen LogP contribution >= 0.6 is 0 Å². The Morgan fingerprint density at radius 2 is 1.95 bits per heavy atom. The lowest BCUT2D eigenvalue weighted by Crippen LogP contribution is -2.42. The lowest BCUT2D eigenvalue weighted by Gasteiger charge is -2.27. The Labute approximate surface area is 120 Å². The molecule has 1 aromatic carbocycles. The fraction of sp³-hybridized carbons (Fsp3) is 0.562. The van der Waals surface area contributed by atoms with Gasteiger partial charge in [-0.05, 0) is 37.8 Å². The fourth-order valence-electron chi connectivity index (χ4n) is 2.38. The minimum atomic E-state index is -0.193. The second-order valence-electron chi connectivity index (χ2n) is 5.54. The van der Waals surface area contributed by atoms with Gasteiger partial charge in [-0.3, -0.25) is 4.79 Å². The van der Waals surface area contributed by atoms with E-state index in [1.165, 1.54) is 0 Å². The van der Waals surface area contributed by atoms with E-state index in [4.69, 9.17) is 4.74 Å². The van der Waals surface area contributed by atoms with Gasteiger partial charge >= 0.3 is 0 Å². The molecular formula is C16H23NO3. The molecule has 4 heteroatoms. The normalized spacial score (nSPS) is 23.9. The maximum absolute atomic E-state index is 12.1. The summed E-state index contributed by atoms with van der Waals surface area (Å²) in [7, 11) is 0. The van der Waals surface area contributed by atoms with Crippen molar-refractivity contribution in [1.29, 1.82) is 0 Å². The molecule has 0 saturated heterocycles. The lowest BCUT2D eigenvalue weighted by molar-refractivity contribution is -0.126. The van der Waals surface area contributed by atoms with Crippen LogP contribution in [0.4, 0.5) is 0 Å². The Kier molecular flexibility index (Phi) is 5.41. The van der Waals surface area contributed by atoms with Gasteiger partial charge in [0.25, 0.3) is 0 Å². The summed E-state index contributed by atoms with van der Waals surface area (Å²) < 4.78 is 5.59. The number of para-hydroxylation sites is 1. The molecule has 1 amide bonds. The molecule has 0 radical (unpaired) electrons. The summed E-state index contributed by atoms with van der Waals surface area (Å²) in [5, 5.41) is 12.5. The average molecular weight is 277 g/mol. The second kappa shape index (κ2) is 7.29. The summed E-state index contributed by atoms with van der Waals surface area (Å²) in [6.45, 7) is 2.25. The Morgan fingerprint density at radius 3 is 2.60 bits per heavy atom. The fourth-order valence-corrected chi connectivity index (χ4v) is 2.38. The van der Waals surface area contributed by atoms with Crippen LogP contribution in [0.3, 0.4) is 0 Å². The molecule has 20 heavy (non-hydrogen) atoms. The van der Waals surface area contributed by atoms with Gasteiger partial charge in [0, 0.05) is 6.04 Å². The number of nitrogens with one attached hydrogen (secondary N) is 1. The second-order valence-corrected chi connectivity index (χ2v) is 5.54. The van der Waals surface area contributed by atoms with Crippen LogP contribution in [0.5, 0.6) is 5.75 Å². The predicted molar refractivity (Wildman–Crippen MR) is 77.5 cm³/mol. The highest BCUT2D eigenvalue weighted by Gasteiger charge is 2.23. The molecule has 1 aromatic rings. The van der Waals surface area contributed by atoms with E-state index in [2.05, 4.69) is 5.32 Å². The number of carbonyl (C=O) groups excluding carboxylic acids is 1. The highest BCUT2D eigenvalue weighted by Crippen LogP contribution is 2.18. The van der Waals surface area contributed by atoms with Crippen LogP contribution in [-0.2, 0) is 4.79 Å². The van der Waals surface area contributed by atoms with E-state index in [0.29, 0.717) is 6.61 Å². The highest BCUT2D eigenvalue weighted by atomic mass is 16.5. The van der Waals surface area contributed by atoms with E-state index in [0.717, 1.165) is 31.4 Å². The van der Waals surface area contributed by atoms with Crippen LogP contribution in [-0.4, -0.2) is 29.8 Å². The SMILES string of the molecule is CC(COc1ccccc1)C(=O)NC1CCC(O)CC1. The molecule has 2 rings (SSSR count). The van der Waals surface area contributed by atoms with E-state index in [-0.39, 0.29) is 24.0 Å². The molecule has 1 saturated carbocycles. The van der Waals surface area contributed by atoms with E-state index < -0.39 is 0 Å². The van der Waals surface area contributed by atoms with Gasteiger partial charge in [0.15, 0.2) is 0 Å². The van der Waals surface area contributed by atoms with Crippen molar-refractivity contribution in [3.63, 3.8) is 0 Å². The number of hydrogen-bond acceptors (Lipinski definition) is 3. The summed E-state index contributed by atoms with van der Waals surface area (Å²) in [6, 6.07) is 9.71. The standard InChI is InChI=1S/C16H23NO3/c1-12(11-20-15-5-3-2-4-6-15)16(19)17-13-7-9-14(18)10-8-13/h2-6,12-14,18H,7-11H2,1H3,(H,17,19). The van der Waals surface area contributed by atoms with Crippen LogP contribution in [0.25, 0.3) is 0 Å². The maximum Gasteiger partial charge on any atom is 0.226 e. The molecule has 1 aliphatic rings. The first kappa shape index (κ1) is 14.9. The van der Waals surface area contributed by atoms with Gasteiger partial charge in [0.2, 0.25) is 5.91 Å². The number of hydrogen-bond donors (Lipinski definition) is 2. The van der Waals surface area contributed by atoms with E-state index >= 15 is 0 Å². The van der Waals surface area contributed by atoms with E-state index in [9.17, 15) is 9.90 Å². The van der Waals surface area contributed by atoms with Crippen molar-refractivity contribution in [3.05, 3.63) is 30.3 Å². The molecule has 2 N–H and O–H groups in total. The third kappa shape index (κ3) is 4.53. The van der Waals surface area contributed by atoms with Gasteiger partial charge in [0.05, 0.1) is 18.6 Å². The quantitative estimate of drug-likeness (QED) is 0.866. The van der Waals surface area contributed by atoms with Crippen molar-refractivity contribution in [2.24, 2.45) is 5.92 Å². The Bertz CT molecular complexity index is 413. The third-order valence-corrected chi connectivity index (χ3v) is 3.73. The lowest BCUT2D eigenvalue weighted by atomic mass is 9.93. The smallest absolute Gasteiger partial charge is 0.226 e. The summed E-state index contributed by atoms with van der Waals surface area (Å²) >= 11 is 0. The number of benzene rings is 1. The topological polar surface area (TPSA) is 58.6 Å². The Morgan fingerprint density at radius 1 is 1.30 bits per heavy atom. The van der Waals surface area contributed by atoms with Crippen molar-refractivity contribution >= 4 is 5.91 Å². The van der Waals surface area contributed by atoms with Gasteiger partial charge in [-0.2, -0.15) is 0 Å². The molecule has 0 heterocycles. The minimum Gasteiger partial charge on any atom is -0.493 e. The number of carbonyl (C=O) groups is 1. The van der Waals surface area contributed by atoms with Gasteiger partial charge in [-0.1, -0.05) is 25.1 Å². The molecule has 1 fully saturated rings. The zero-order chi connectivity index (χ0) is 14.4.